The molecule has 1 heterocycles. The Kier molecular flexibility index (Phi) is 5.43. The quantitative estimate of drug-likeness (QED) is 0.514. The standard InChI is InChI=1S/C26H26ClFN2O/c27-19-3-1-17(2-4-19)16-30-25(31)23-9-13-26(23)11-7-18(8-12-26)21-10-14-29-24-6-5-20(28)15-22(21)24/h1-6,10,14-15,18,23H,7-9,11-13,16H2,(H,30,31)/t18?,23-,26?/m1/s1. The SMILES string of the molecule is O=C(NCc1ccc(Cl)cc1)[C@H]1CCC12CCC(c1ccnc3ccc(F)cc13)CC2. The fourth-order valence-corrected chi connectivity index (χ4v) is 5.74. The van der Waals surface area contributed by atoms with E-state index in [9.17, 15) is 9.18 Å². The summed E-state index contributed by atoms with van der Waals surface area (Å²) >= 11 is 5.94. The van der Waals surface area contributed by atoms with Gasteiger partial charge in [-0.05, 0) is 97.4 Å². The number of amides is 1. The summed E-state index contributed by atoms with van der Waals surface area (Å²) in [6.45, 7) is 0.541. The van der Waals surface area contributed by atoms with E-state index in [2.05, 4.69) is 10.3 Å². The minimum Gasteiger partial charge on any atom is -0.352 e. The summed E-state index contributed by atoms with van der Waals surface area (Å²) in [6.07, 6.45) is 8.11. The van der Waals surface area contributed by atoms with Crippen molar-refractivity contribution in [3.63, 3.8) is 0 Å². The molecule has 2 aliphatic rings. The normalized spacial score (nSPS) is 25.4. The third-order valence-electron chi connectivity index (χ3n) is 7.53. The van der Waals surface area contributed by atoms with Crippen LogP contribution in [0.25, 0.3) is 10.9 Å². The topological polar surface area (TPSA) is 42.0 Å². The van der Waals surface area contributed by atoms with Crippen LogP contribution in [-0.2, 0) is 11.3 Å². The first kappa shape index (κ1) is 20.4. The molecule has 5 rings (SSSR count). The van der Waals surface area contributed by atoms with E-state index in [-0.39, 0.29) is 23.1 Å². The largest absolute Gasteiger partial charge is 0.352 e. The smallest absolute Gasteiger partial charge is 0.223 e. The Morgan fingerprint density at radius 2 is 1.81 bits per heavy atom. The summed E-state index contributed by atoms with van der Waals surface area (Å²) in [7, 11) is 0. The van der Waals surface area contributed by atoms with Crippen LogP contribution in [-0.4, -0.2) is 10.9 Å². The van der Waals surface area contributed by atoms with E-state index in [0.717, 1.165) is 55.0 Å². The second-order valence-corrected chi connectivity index (χ2v) is 9.57. The van der Waals surface area contributed by atoms with Crippen LogP contribution < -0.4 is 5.32 Å². The molecule has 0 bridgehead atoms. The molecule has 2 aliphatic carbocycles. The molecule has 1 amide bonds. The Morgan fingerprint density at radius 3 is 2.52 bits per heavy atom. The number of pyridine rings is 1. The fraction of sp³-hybridized carbons (Fsp3) is 0.385. The molecule has 3 aromatic rings. The second-order valence-electron chi connectivity index (χ2n) is 9.13. The van der Waals surface area contributed by atoms with Gasteiger partial charge in [0, 0.05) is 29.1 Å². The van der Waals surface area contributed by atoms with Crippen LogP contribution in [0.1, 0.15) is 55.6 Å². The molecule has 5 heteroatoms. The molecule has 0 radical (unpaired) electrons. The number of rotatable bonds is 4. The lowest BCUT2D eigenvalue weighted by Gasteiger charge is -2.52. The molecule has 0 unspecified atom stereocenters. The molecule has 160 valence electrons. The first-order chi connectivity index (χ1) is 15.0. The number of carbonyl (C=O) groups is 1. The first-order valence-corrected chi connectivity index (χ1v) is 11.5. The summed E-state index contributed by atoms with van der Waals surface area (Å²) in [4.78, 5) is 17.3. The Balaban J connectivity index is 1.24. The van der Waals surface area contributed by atoms with E-state index < -0.39 is 0 Å². The zero-order chi connectivity index (χ0) is 21.4. The van der Waals surface area contributed by atoms with Crippen molar-refractivity contribution in [3.8, 4) is 0 Å². The van der Waals surface area contributed by atoms with Crippen LogP contribution in [0.15, 0.2) is 54.7 Å². The molecule has 2 aromatic carbocycles. The van der Waals surface area contributed by atoms with Gasteiger partial charge in [0.05, 0.1) is 5.52 Å². The minimum atomic E-state index is -0.217. The highest BCUT2D eigenvalue weighted by Crippen LogP contribution is 2.58. The van der Waals surface area contributed by atoms with Crippen molar-refractivity contribution in [1.82, 2.24) is 10.3 Å². The van der Waals surface area contributed by atoms with Crippen LogP contribution >= 0.6 is 11.6 Å². The van der Waals surface area contributed by atoms with Crippen molar-refractivity contribution in [2.75, 3.05) is 0 Å². The van der Waals surface area contributed by atoms with Crippen molar-refractivity contribution in [2.45, 2.75) is 51.0 Å². The van der Waals surface area contributed by atoms with Crippen molar-refractivity contribution in [3.05, 3.63) is 76.7 Å². The third kappa shape index (κ3) is 3.94. The average Bonchev–Trinajstić information content (AvgIpc) is 2.77. The molecule has 31 heavy (non-hydrogen) atoms. The van der Waals surface area contributed by atoms with Crippen molar-refractivity contribution in [1.29, 1.82) is 0 Å². The molecular weight excluding hydrogens is 411 g/mol. The van der Waals surface area contributed by atoms with Crippen molar-refractivity contribution >= 4 is 28.4 Å². The third-order valence-corrected chi connectivity index (χ3v) is 7.78. The number of hydrogen-bond donors (Lipinski definition) is 1. The van der Waals surface area contributed by atoms with Gasteiger partial charge in [0.15, 0.2) is 0 Å². The van der Waals surface area contributed by atoms with Gasteiger partial charge in [0.1, 0.15) is 5.82 Å². The van der Waals surface area contributed by atoms with E-state index in [1.54, 1.807) is 12.1 Å². The lowest BCUT2D eigenvalue weighted by atomic mass is 9.52. The number of hydrogen-bond acceptors (Lipinski definition) is 2. The Hall–Kier alpha value is -2.46. The number of halogens is 2. The first-order valence-electron chi connectivity index (χ1n) is 11.1. The highest BCUT2D eigenvalue weighted by atomic mass is 35.5. The second kappa shape index (κ2) is 8.23. The predicted octanol–water partition coefficient (Wildman–Crippen LogP) is 6.40. The van der Waals surface area contributed by atoms with E-state index in [1.807, 2.05) is 36.5 Å². The molecule has 0 saturated heterocycles. The van der Waals surface area contributed by atoms with Crippen LogP contribution in [0, 0.1) is 17.2 Å². The summed E-state index contributed by atoms with van der Waals surface area (Å²) in [6, 6.07) is 14.5. The van der Waals surface area contributed by atoms with Gasteiger partial charge in [-0.1, -0.05) is 23.7 Å². The van der Waals surface area contributed by atoms with Crippen LogP contribution in [0.3, 0.4) is 0 Å². The molecule has 2 saturated carbocycles. The van der Waals surface area contributed by atoms with E-state index in [4.69, 9.17) is 11.6 Å². The maximum atomic E-state index is 13.8. The monoisotopic (exact) mass is 436 g/mol. The summed E-state index contributed by atoms with van der Waals surface area (Å²) in [5, 5.41) is 4.76. The maximum absolute atomic E-state index is 13.8. The summed E-state index contributed by atoms with van der Waals surface area (Å²) in [5.41, 5.74) is 3.24. The van der Waals surface area contributed by atoms with E-state index in [0.29, 0.717) is 17.5 Å². The fourth-order valence-electron chi connectivity index (χ4n) is 5.62. The van der Waals surface area contributed by atoms with Gasteiger partial charge in [0.2, 0.25) is 5.91 Å². The summed E-state index contributed by atoms with van der Waals surface area (Å²) < 4.78 is 13.8. The zero-order valence-corrected chi connectivity index (χ0v) is 18.2. The minimum absolute atomic E-state index is 0.104. The number of nitrogens with zero attached hydrogens (tertiary/aromatic N) is 1. The Bertz CT molecular complexity index is 1110. The van der Waals surface area contributed by atoms with Gasteiger partial charge in [-0.25, -0.2) is 4.39 Å². The highest BCUT2D eigenvalue weighted by molar-refractivity contribution is 6.30. The van der Waals surface area contributed by atoms with Crippen molar-refractivity contribution < 1.29 is 9.18 Å². The predicted molar refractivity (Wildman–Crippen MR) is 121 cm³/mol. The van der Waals surface area contributed by atoms with Gasteiger partial charge < -0.3 is 5.32 Å². The number of carbonyl (C=O) groups excluding carboxylic acids is 1. The van der Waals surface area contributed by atoms with E-state index in [1.165, 1.54) is 11.6 Å². The lowest BCUT2D eigenvalue weighted by molar-refractivity contribution is -0.139. The van der Waals surface area contributed by atoms with Gasteiger partial charge >= 0.3 is 0 Å². The Morgan fingerprint density at radius 1 is 1.06 bits per heavy atom. The molecule has 1 aromatic heterocycles. The maximum Gasteiger partial charge on any atom is 0.223 e. The summed E-state index contributed by atoms with van der Waals surface area (Å²) in [5.74, 6) is 0.463. The van der Waals surface area contributed by atoms with Crippen molar-refractivity contribution in [2.24, 2.45) is 11.3 Å². The number of benzene rings is 2. The Labute approximate surface area is 187 Å². The van der Waals surface area contributed by atoms with Gasteiger partial charge in [0.25, 0.3) is 0 Å². The van der Waals surface area contributed by atoms with Crippen LogP contribution in [0.5, 0.6) is 0 Å². The molecule has 3 nitrogen and oxygen atoms in total. The average molecular weight is 437 g/mol. The number of nitrogens with one attached hydrogen (secondary N) is 1. The molecule has 2 fully saturated rings. The molecule has 1 N–H and O–H groups in total. The lowest BCUT2D eigenvalue weighted by Crippen LogP contribution is -2.50. The molecule has 0 aliphatic heterocycles. The van der Waals surface area contributed by atoms with Gasteiger partial charge in [-0.2, -0.15) is 0 Å². The number of fused-ring (bicyclic) bond motifs is 1. The highest BCUT2D eigenvalue weighted by Gasteiger charge is 2.51. The van der Waals surface area contributed by atoms with Gasteiger partial charge in [-0.3, -0.25) is 9.78 Å². The molecular formula is C26H26ClFN2O. The van der Waals surface area contributed by atoms with Crippen LogP contribution in [0.2, 0.25) is 5.02 Å². The number of aromatic nitrogens is 1. The van der Waals surface area contributed by atoms with Crippen LogP contribution in [0.4, 0.5) is 4.39 Å². The zero-order valence-electron chi connectivity index (χ0n) is 17.4. The molecule has 1 atom stereocenters. The van der Waals surface area contributed by atoms with Gasteiger partial charge in [-0.15, -0.1) is 0 Å². The molecule has 1 spiro atoms. The van der Waals surface area contributed by atoms with E-state index >= 15 is 0 Å².